The molecular weight excluding hydrogens is 991 g/mol. The van der Waals surface area contributed by atoms with E-state index in [-0.39, 0.29) is 18.5 Å². The molecule has 11 nitrogen and oxygen atoms in total. The van der Waals surface area contributed by atoms with Gasteiger partial charge in [0.1, 0.15) is 24.4 Å². The molecule has 0 saturated carbocycles. The van der Waals surface area contributed by atoms with Crippen molar-refractivity contribution >= 4 is 11.9 Å². The first kappa shape index (κ1) is 75.4. The van der Waals surface area contributed by atoms with Gasteiger partial charge < -0.3 is 45.1 Å². The molecule has 1 amide bonds. The number of esters is 1. The Morgan fingerprint density at radius 2 is 0.797 bits per heavy atom. The van der Waals surface area contributed by atoms with E-state index in [1.807, 2.05) is 6.08 Å². The van der Waals surface area contributed by atoms with Crippen LogP contribution < -0.4 is 5.32 Å². The molecule has 1 aliphatic rings. The molecule has 0 bridgehead atoms. The van der Waals surface area contributed by atoms with Crippen LogP contribution in [-0.2, 0) is 23.8 Å². The fourth-order valence-electron chi connectivity index (χ4n) is 11.2. The second-order valence-corrected chi connectivity index (χ2v) is 24.2. The molecule has 6 N–H and O–H groups in total. The highest BCUT2D eigenvalue weighted by molar-refractivity contribution is 5.76. The number of carbonyl (C=O) groups excluding carboxylic acids is 2. The molecule has 0 radical (unpaired) electrons. The van der Waals surface area contributed by atoms with Gasteiger partial charge in [-0.1, -0.05) is 315 Å². The normalized spacial score (nSPS) is 18.4. The second-order valence-electron chi connectivity index (χ2n) is 24.2. The summed E-state index contributed by atoms with van der Waals surface area (Å²) < 4.78 is 16.7. The van der Waals surface area contributed by atoms with Crippen molar-refractivity contribution in [2.75, 3.05) is 19.8 Å². The minimum Gasteiger partial charge on any atom is -0.466 e. The minimum absolute atomic E-state index is 0.0111. The maximum absolute atomic E-state index is 13.0. The van der Waals surface area contributed by atoms with Crippen molar-refractivity contribution in [1.82, 2.24) is 5.32 Å². The van der Waals surface area contributed by atoms with Crippen LogP contribution in [0.4, 0.5) is 0 Å². The summed E-state index contributed by atoms with van der Waals surface area (Å²) in [5.74, 6) is -0.166. The quantitative estimate of drug-likeness (QED) is 0.0195. The molecule has 1 fully saturated rings. The van der Waals surface area contributed by atoms with Crippen molar-refractivity contribution in [3.63, 3.8) is 0 Å². The molecule has 0 spiro atoms. The average molecular weight is 1120 g/mol. The Bertz CT molecular complexity index is 1320. The van der Waals surface area contributed by atoms with Crippen molar-refractivity contribution in [2.45, 2.75) is 391 Å². The van der Waals surface area contributed by atoms with Crippen molar-refractivity contribution in [1.29, 1.82) is 0 Å². The third-order valence-electron chi connectivity index (χ3n) is 16.7. The smallest absolute Gasteiger partial charge is 0.305 e. The molecule has 1 heterocycles. The first-order chi connectivity index (χ1) is 38.7. The Kier molecular flexibility index (Phi) is 55.5. The number of ether oxygens (including phenoxy) is 3. The van der Waals surface area contributed by atoms with Crippen LogP contribution in [0, 0.1) is 0 Å². The van der Waals surface area contributed by atoms with Gasteiger partial charge in [0.15, 0.2) is 6.29 Å². The Hall–Kier alpha value is -1.60. The van der Waals surface area contributed by atoms with Crippen LogP contribution in [0.3, 0.4) is 0 Å². The van der Waals surface area contributed by atoms with Crippen LogP contribution in [0.1, 0.15) is 348 Å². The highest BCUT2D eigenvalue weighted by Gasteiger charge is 2.44. The number of allylic oxidation sites excluding steroid dienone is 1. The van der Waals surface area contributed by atoms with Gasteiger partial charge in [-0.05, 0) is 32.1 Å². The van der Waals surface area contributed by atoms with E-state index in [1.165, 1.54) is 270 Å². The van der Waals surface area contributed by atoms with Gasteiger partial charge in [-0.2, -0.15) is 0 Å². The van der Waals surface area contributed by atoms with E-state index in [1.54, 1.807) is 6.08 Å². The van der Waals surface area contributed by atoms with Gasteiger partial charge >= 0.3 is 5.97 Å². The Morgan fingerprint density at radius 1 is 0.456 bits per heavy atom. The molecule has 1 rings (SSSR count). The number of carbonyl (C=O) groups is 2. The maximum atomic E-state index is 13.0. The summed E-state index contributed by atoms with van der Waals surface area (Å²) in [5.41, 5.74) is 0. The summed E-state index contributed by atoms with van der Waals surface area (Å²) in [6.07, 6.45) is 60.6. The number of rotatable bonds is 61. The Labute approximate surface area is 487 Å². The van der Waals surface area contributed by atoms with Gasteiger partial charge in [-0.3, -0.25) is 9.59 Å². The summed E-state index contributed by atoms with van der Waals surface area (Å²) in [4.78, 5) is 25.1. The lowest BCUT2D eigenvalue weighted by atomic mass is 9.99. The summed E-state index contributed by atoms with van der Waals surface area (Å²) in [6.45, 7) is 4.37. The summed E-state index contributed by atoms with van der Waals surface area (Å²) in [7, 11) is 0. The van der Waals surface area contributed by atoms with Gasteiger partial charge in [-0.15, -0.1) is 0 Å². The van der Waals surface area contributed by atoms with Crippen LogP contribution in [0.5, 0.6) is 0 Å². The fraction of sp³-hybridized carbons (Fsp3) is 0.941. The zero-order valence-electron chi connectivity index (χ0n) is 51.9. The third kappa shape index (κ3) is 47.5. The number of hydrogen-bond acceptors (Lipinski definition) is 10. The highest BCUT2D eigenvalue weighted by Crippen LogP contribution is 2.23. The van der Waals surface area contributed by atoms with E-state index >= 15 is 0 Å². The summed E-state index contributed by atoms with van der Waals surface area (Å²) >= 11 is 0. The van der Waals surface area contributed by atoms with Crippen molar-refractivity contribution in [3.05, 3.63) is 12.2 Å². The van der Waals surface area contributed by atoms with Crippen LogP contribution in [0.15, 0.2) is 12.2 Å². The molecular formula is C68H131NO10. The standard InChI is InChI=1S/C68H131NO10/c1-3-5-7-9-11-13-34-38-42-46-50-54-61(71)60(59-78-68-67(76)66(75)65(74)62(58-70)79-68)69-63(72)55-51-47-43-39-36-32-30-28-26-24-22-20-18-16-15-17-19-21-23-25-27-29-31-33-37-41-45-49-53-57-77-64(73)56-52-48-44-40-35-14-12-10-8-6-4-2/h50,54,60-62,65-68,70-71,74-76H,3-49,51-53,55-59H2,1-2H3,(H,69,72)/b54-50+. The molecule has 7 atom stereocenters. The van der Waals surface area contributed by atoms with E-state index in [2.05, 4.69) is 19.2 Å². The average Bonchev–Trinajstić information content (AvgIpc) is 3.49. The molecule has 1 saturated heterocycles. The number of aliphatic hydroxyl groups excluding tert-OH is 5. The number of aliphatic hydroxyl groups is 5. The number of amides is 1. The van der Waals surface area contributed by atoms with Crippen molar-refractivity contribution in [2.24, 2.45) is 0 Å². The van der Waals surface area contributed by atoms with Gasteiger partial charge in [-0.25, -0.2) is 0 Å². The first-order valence-corrected chi connectivity index (χ1v) is 34.5. The van der Waals surface area contributed by atoms with Crippen LogP contribution in [0.2, 0.25) is 0 Å². The molecule has 468 valence electrons. The third-order valence-corrected chi connectivity index (χ3v) is 16.7. The molecule has 11 heteroatoms. The van der Waals surface area contributed by atoms with Crippen LogP contribution in [0.25, 0.3) is 0 Å². The summed E-state index contributed by atoms with van der Waals surface area (Å²) in [6, 6.07) is -0.805. The first-order valence-electron chi connectivity index (χ1n) is 34.5. The molecule has 7 unspecified atom stereocenters. The molecule has 1 aliphatic heterocycles. The lowest BCUT2D eigenvalue weighted by Crippen LogP contribution is -2.60. The van der Waals surface area contributed by atoms with Crippen molar-refractivity contribution < 1.29 is 49.3 Å². The predicted molar refractivity (Wildman–Crippen MR) is 329 cm³/mol. The molecule has 79 heavy (non-hydrogen) atoms. The predicted octanol–water partition coefficient (Wildman–Crippen LogP) is 17.1. The van der Waals surface area contributed by atoms with Crippen LogP contribution in [-0.4, -0.2) is 100 Å². The number of nitrogens with one attached hydrogen (secondary N) is 1. The molecule has 0 aromatic heterocycles. The van der Waals surface area contributed by atoms with Gasteiger partial charge in [0.2, 0.25) is 5.91 Å². The zero-order valence-corrected chi connectivity index (χ0v) is 51.9. The van der Waals surface area contributed by atoms with E-state index in [4.69, 9.17) is 14.2 Å². The van der Waals surface area contributed by atoms with E-state index < -0.39 is 49.5 Å². The molecule has 0 aromatic rings. The zero-order chi connectivity index (χ0) is 57.3. The Morgan fingerprint density at radius 3 is 1.18 bits per heavy atom. The van der Waals surface area contributed by atoms with Crippen LogP contribution >= 0.6 is 0 Å². The lowest BCUT2D eigenvalue weighted by Gasteiger charge is -2.40. The lowest BCUT2D eigenvalue weighted by molar-refractivity contribution is -0.302. The highest BCUT2D eigenvalue weighted by atomic mass is 16.7. The topological polar surface area (TPSA) is 175 Å². The van der Waals surface area contributed by atoms with Gasteiger partial charge in [0, 0.05) is 12.8 Å². The Balaban J connectivity index is 1.94. The molecule has 0 aromatic carbocycles. The second kappa shape index (κ2) is 58.2. The SMILES string of the molecule is CCCCCCCCCCC/C=C/C(O)C(COC1OC(CO)C(O)C(O)C1O)NC(=O)CCCCCCCCCCCCCCCCCCCCCCCCCCCCCCCOC(=O)CCCCCCCCCCCCC. The summed E-state index contributed by atoms with van der Waals surface area (Å²) in [5, 5.41) is 54.4. The fourth-order valence-corrected chi connectivity index (χ4v) is 11.2. The van der Waals surface area contributed by atoms with Gasteiger partial charge in [0.05, 0.1) is 32.0 Å². The monoisotopic (exact) mass is 1120 g/mol. The molecule has 0 aliphatic carbocycles. The number of hydrogen-bond donors (Lipinski definition) is 6. The maximum Gasteiger partial charge on any atom is 0.305 e. The minimum atomic E-state index is -1.57. The van der Waals surface area contributed by atoms with Gasteiger partial charge in [0.25, 0.3) is 0 Å². The van der Waals surface area contributed by atoms with E-state index in [9.17, 15) is 35.1 Å². The van der Waals surface area contributed by atoms with E-state index in [0.29, 0.717) is 19.4 Å². The number of unbranched alkanes of at least 4 members (excludes halogenated alkanes) is 47. The van der Waals surface area contributed by atoms with E-state index in [0.717, 1.165) is 51.4 Å². The largest absolute Gasteiger partial charge is 0.466 e. The van der Waals surface area contributed by atoms with Crippen molar-refractivity contribution in [3.8, 4) is 0 Å².